The Morgan fingerprint density at radius 2 is 2.00 bits per heavy atom. The van der Waals surface area contributed by atoms with E-state index in [-0.39, 0.29) is 11.0 Å². The first-order chi connectivity index (χ1) is 9.20. The summed E-state index contributed by atoms with van der Waals surface area (Å²) in [5.74, 6) is 0.733. The van der Waals surface area contributed by atoms with E-state index in [2.05, 4.69) is 15.3 Å². The van der Waals surface area contributed by atoms with Crippen molar-refractivity contribution in [3.63, 3.8) is 0 Å². The van der Waals surface area contributed by atoms with Crippen molar-refractivity contribution in [3.05, 3.63) is 41.7 Å². The second kappa shape index (κ2) is 4.48. The van der Waals surface area contributed by atoms with E-state index in [0.29, 0.717) is 11.4 Å². The van der Waals surface area contributed by atoms with Crippen LogP contribution >= 0.6 is 11.6 Å². The van der Waals surface area contributed by atoms with Gasteiger partial charge in [-0.15, -0.1) is 0 Å². The van der Waals surface area contributed by atoms with Crippen molar-refractivity contribution >= 4 is 17.4 Å². The van der Waals surface area contributed by atoms with Gasteiger partial charge in [-0.05, 0) is 23.2 Å². The van der Waals surface area contributed by atoms with Crippen molar-refractivity contribution in [2.45, 2.75) is 0 Å². The lowest BCUT2D eigenvalue weighted by atomic mass is 10.1. The van der Waals surface area contributed by atoms with Crippen LogP contribution in [0.1, 0.15) is 0 Å². The zero-order chi connectivity index (χ0) is 13.4. The van der Waals surface area contributed by atoms with Gasteiger partial charge in [-0.2, -0.15) is 0 Å². The number of hydrogen-bond donors (Lipinski definition) is 3. The number of fused-ring (bicyclic) bond motifs is 1. The monoisotopic (exact) mass is 273 g/mol. The SMILES string of the molecule is CNc1nc(Cl)[nH]c2c(-c3ccccc3)cc(O)c1-2. The van der Waals surface area contributed by atoms with E-state index in [1.54, 1.807) is 13.1 Å². The minimum absolute atomic E-state index is 0.179. The molecule has 0 radical (unpaired) electrons. The number of aromatic amines is 1. The topological polar surface area (TPSA) is 60.9 Å². The Morgan fingerprint density at radius 3 is 2.68 bits per heavy atom. The largest absolute Gasteiger partial charge is 0.507 e. The van der Waals surface area contributed by atoms with E-state index in [4.69, 9.17) is 11.6 Å². The van der Waals surface area contributed by atoms with Gasteiger partial charge in [-0.3, -0.25) is 0 Å². The second-order valence-corrected chi connectivity index (χ2v) is 4.54. The molecule has 0 amide bonds. The molecule has 2 aliphatic rings. The van der Waals surface area contributed by atoms with Gasteiger partial charge in [0.05, 0.1) is 11.3 Å². The molecule has 3 rings (SSSR count). The molecule has 0 fully saturated rings. The summed E-state index contributed by atoms with van der Waals surface area (Å²) in [6, 6.07) is 11.5. The van der Waals surface area contributed by atoms with Crippen molar-refractivity contribution < 1.29 is 5.11 Å². The van der Waals surface area contributed by atoms with Gasteiger partial charge in [0.25, 0.3) is 0 Å². The molecule has 5 heteroatoms. The molecule has 96 valence electrons. The van der Waals surface area contributed by atoms with Crippen LogP contribution in [0.2, 0.25) is 5.28 Å². The summed E-state index contributed by atoms with van der Waals surface area (Å²) in [6.07, 6.45) is 0. The van der Waals surface area contributed by atoms with Gasteiger partial charge in [-0.25, -0.2) is 4.98 Å². The van der Waals surface area contributed by atoms with Crippen LogP contribution in [0.4, 0.5) is 5.82 Å². The Bertz CT molecular complexity index is 694. The summed E-state index contributed by atoms with van der Waals surface area (Å²) in [7, 11) is 1.74. The maximum atomic E-state index is 10.1. The van der Waals surface area contributed by atoms with Gasteiger partial charge in [0.15, 0.2) is 0 Å². The minimum Gasteiger partial charge on any atom is -0.507 e. The number of nitrogens with zero attached hydrogens (tertiary/aromatic N) is 1. The molecular weight excluding hydrogens is 262 g/mol. The molecule has 19 heavy (non-hydrogen) atoms. The van der Waals surface area contributed by atoms with Crippen LogP contribution in [0.25, 0.3) is 22.4 Å². The first-order valence-electron chi connectivity index (χ1n) is 5.85. The Labute approximate surface area is 115 Å². The molecule has 1 aromatic rings. The van der Waals surface area contributed by atoms with Crippen molar-refractivity contribution in [1.82, 2.24) is 9.97 Å². The number of hydrogen-bond acceptors (Lipinski definition) is 3. The fourth-order valence-electron chi connectivity index (χ4n) is 2.22. The van der Waals surface area contributed by atoms with Gasteiger partial charge in [0, 0.05) is 12.6 Å². The third kappa shape index (κ3) is 1.90. The standard InChI is InChI=1S/C14H12ClN3O/c1-16-13-11-10(19)7-9(8-5-3-2-4-6-8)12(11)17-14(15)18-13/h2-7,16,19H,1H3,(H,17,18). The summed E-state index contributed by atoms with van der Waals surface area (Å²) < 4.78 is 0. The average Bonchev–Trinajstić information content (AvgIpc) is 2.76. The van der Waals surface area contributed by atoms with E-state index < -0.39 is 0 Å². The predicted molar refractivity (Wildman–Crippen MR) is 76.9 cm³/mol. The molecule has 0 bridgehead atoms. The lowest BCUT2D eigenvalue weighted by Gasteiger charge is -2.10. The highest BCUT2D eigenvalue weighted by Gasteiger charge is 2.22. The predicted octanol–water partition coefficient (Wildman–Crippen LogP) is 3.58. The molecule has 0 saturated heterocycles. The molecule has 0 aromatic heterocycles. The van der Waals surface area contributed by atoms with Crippen LogP contribution in [0.15, 0.2) is 36.4 Å². The van der Waals surface area contributed by atoms with Gasteiger partial charge in [0.2, 0.25) is 5.28 Å². The number of H-pyrrole nitrogens is 1. The molecular formula is C14H12ClN3O. The van der Waals surface area contributed by atoms with Gasteiger partial charge in [-0.1, -0.05) is 30.3 Å². The van der Waals surface area contributed by atoms with E-state index >= 15 is 0 Å². The smallest absolute Gasteiger partial charge is 0.202 e. The number of halogens is 1. The molecule has 0 unspecified atom stereocenters. The summed E-state index contributed by atoms with van der Waals surface area (Å²) in [5.41, 5.74) is 3.32. The van der Waals surface area contributed by atoms with Crippen molar-refractivity contribution in [1.29, 1.82) is 0 Å². The number of aromatic nitrogens is 2. The molecule has 0 atom stereocenters. The van der Waals surface area contributed by atoms with Crippen molar-refractivity contribution in [2.24, 2.45) is 0 Å². The van der Waals surface area contributed by atoms with Gasteiger partial charge in [0.1, 0.15) is 11.6 Å². The molecule has 0 saturated carbocycles. The summed E-state index contributed by atoms with van der Waals surface area (Å²) in [5, 5.41) is 13.3. The quantitative estimate of drug-likeness (QED) is 0.626. The molecule has 1 aliphatic heterocycles. The zero-order valence-corrected chi connectivity index (χ0v) is 11.0. The maximum absolute atomic E-state index is 10.1. The first kappa shape index (κ1) is 11.9. The number of nitrogens with one attached hydrogen (secondary N) is 2. The van der Waals surface area contributed by atoms with Gasteiger partial charge < -0.3 is 15.4 Å². The van der Waals surface area contributed by atoms with Gasteiger partial charge >= 0.3 is 0 Å². The Balaban J connectivity index is 2.29. The van der Waals surface area contributed by atoms with E-state index in [9.17, 15) is 5.11 Å². The van der Waals surface area contributed by atoms with E-state index in [1.807, 2.05) is 30.3 Å². The Hall–Kier alpha value is -2.20. The number of aromatic hydroxyl groups is 1. The number of rotatable bonds is 2. The molecule has 4 nitrogen and oxygen atoms in total. The maximum Gasteiger partial charge on any atom is 0.202 e. The second-order valence-electron chi connectivity index (χ2n) is 4.19. The highest BCUT2D eigenvalue weighted by Crippen LogP contribution is 2.45. The highest BCUT2D eigenvalue weighted by molar-refractivity contribution is 6.28. The summed E-state index contributed by atoms with van der Waals surface area (Å²) in [4.78, 5) is 7.13. The third-order valence-electron chi connectivity index (χ3n) is 3.05. The average molecular weight is 274 g/mol. The summed E-state index contributed by atoms with van der Waals surface area (Å²) >= 11 is 5.98. The fraction of sp³-hybridized carbons (Fsp3) is 0.0714. The number of anilines is 1. The lowest BCUT2D eigenvalue weighted by Crippen LogP contribution is -1.98. The minimum atomic E-state index is 0.179. The first-order valence-corrected chi connectivity index (χ1v) is 6.23. The van der Waals surface area contributed by atoms with Crippen LogP contribution in [-0.2, 0) is 0 Å². The molecule has 1 heterocycles. The molecule has 3 N–H and O–H groups in total. The molecule has 0 spiro atoms. The zero-order valence-electron chi connectivity index (χ0n) is 10.2. The van der Waals surface area contributed by atoms with E-state index in [0.717, 1.165) is 16.8 Å². The van der Waals surface area contributed by atoms with Crippen LogP contribution in [0.5, 0.6) is 5.75 Å². The Kier molecular flexibility index (Phi) is 2.80. The van der Waals surface area contributed by atoms with Crippen molar-refractivity contribution in [2.75, 3.05) is 12.4 Å². The van der Waals surface area contributed by atoms with Crippen LogP contribution < -0.4 is 5.32 Å². The number of benzene rings is 1. The van der Waals surface area contributed by atoms with E-state index in [1.165, 1.54) is 0 Å². The fourth-order valence-corrected chi connectivity index (χ4v) is 2.40. The molecule has 1 aromatic carbocycles. The third-order valence-corrected chi connectivity index (χ3v) is 3.23. The summed E-state index contributed by atoms with van der Waals surface area (Å²) in [6.45, 7) is 0. The Morgan fingerprint density at radius 1 is 1.26 bits per heavy atom. The molecule has 1 aliphatic carbocycles. The van der Waals surface area contributed by atoms with Crippen LogP contribution in [-0.4, -0.2) is 22.1 Å². The normalized spacial score (nSPS) is 10.8. The lowest BCUT2D eigenvalue weighted by molar-refractivity contribution is 0.479. The van der Waals surface area contributed by atoms with Crippen LogP contribution in [0.3, 0.4) is 0 Å². The highest BCUT2D eigenvalue weighted by atomic mass is 35.5. The van der Waals surface area contributed by atoms with Crippen molar-refractivity contribution in [3.8, 4) is 28.1 Å². The van der Waals surface area contributed by atoms with Crippen LogP contribution in [0, 0.1) is 0 Å².